The number of hydrogen-bond donors (Lipinski definition) is 0. The molecule has 1 aliphatic rings. The van der Waals surface area contributed by atoms with E-state index in [4.69, 9.17) is 4.74 Å². The highest BCUT2D eigenvalue weighted by Gasteiger charge is 2.25. The second kappa shape index (κ2) is 4.46. The van der Waals surface area contributed by atoms with Gasteiger partial charge in [-0.1, -0.05) is 30.3 Å². The molecule has 3 rings (SSSR count). The standard InChI is InChI=1S/C15H11F2NO/c1-9-14(10-5-3-2-4-6-10)18-12-8-7-11(16)13(17)15(12)19-9/h2-9H,1H3. The van der Waals surface area contributed by atoms with E-state index in [1.54, 1.807) is 6.92 Å². The van der Waals surface area contributed by atoms with Gasteiger partial charge in [-0.15, -0.1) is 0 Å². The molecule has 1 heterocycles. The molecule has 2 aromatic carbocycles. The number of hydrogen-bond acceptors (Lipinski definition) is 2. The van der Waals surface area contributed by atoms with Crippen LogP contribution in [0.15, 0.2) is 47.5 Å². The van der Waals surface area contributed by atoms with Crippen molar-refractivity contribution < 1.29 is 13.5 Å². The van der Waals surface area contributed by atoms with E-state index in [1.807, 2.05) is 30.3 Å². The fraction of sp³-hybridized carbons (Fsp3) is 0.133. The average Bonchev–Trinajstić information content (AvgIpc) is 2.44. The first-order valence-corrected chi connectivity index (χ1v) is 5.95. The molecule has 1 atom stereocenters. The maximum Gasteiger partial charge on any atom is 0.202 e. The van der Waals surface area contributed by atoms with Crippen molar-refractivity contribution in [3.05, 3.63) is 59.7 Å². The molecule has 0 amide bonds. The van der Waals surface area contributed by atoms with E-state index in [1.165, 1.54) is 6.07 Å². The third kappa shape index (κ3) is 1.99. The number of fused-ring (bicyclic) bond motifs is 1. The molecule has 0 saturated carbocycles. The van der Waals surface area contributed by atoms with Crippen LogP contribution in [-0.4, -0.2) is 11.8 Å². The highest BCUT2D eigenvalue weighted by molar-refractivity contribution is 6.06. The lowest BCUT2D eigenvalue weighted by atomic mass is 10.0. The van der Waals surface area contributed by atoms with Crippen LogP contribution in [-0.2, 0) is 0 Å². The predicted molar refractivity (Wildman–Crippen MR) is 69.1 cm³/mol. The quantitative estimate of drug-likeness (QED) is 0.761. The van der Waals surface area contributed by atoms with Gasteiger partial charge in [0.25, 0.3) is 0 Å². The molecule has 1 unspecified atom stereocenters. The molecular formula is C15H11F2NO. The van der Waals surface area contributed by atoms with Gasteiger partial charge in [-0.25, -0.2) is 9.38 Å². The lowest BCUT2D eigenvalue weighted by molar-refractivity contribution is 0.265. The molecule has 0 bridgehead atoms. The van der Waals surface area contributed by atoms with Crippen molar-refractivity contribution in [2.75, 3.05) is 0 Å². The van der Waals surface area contributed by atoms with Gasteiger partial charge in [0.05, 0.1) is 5.71 Å². The topological polar surface area (TPSA) is 21.6 Å². The molecule has 2 aromatic rings. The molecule has 19 heavy (non-hydrogen) atoms. The van der Waals surface area contributed by atoms with Crippen LogP contribution in [0.1, 0.15) is 12.5 Å². The summed E-state index contributed by atoms with van der Waals surface area (Å²) < 4.78 is 32.2. The Morgan fingerprint density at radius 1 is 1.05 bits per heavy atom. The maximum atomic E-state index is 13.6. The van der Waals surface area contributed by atoms with E-state index in [0.29, 0.717) is 11.4 Å². The van der Waals surface area contributed by atoms with E-state index in [2.05, 4.69) is 4.99 Å². The Bertz CT molecular complexity index is 653. The first-order valence-electron chi connectivity index (χ1n) is 5.95. The lowest BCUT2D eigenvalue weighted by Crippen LogP contribution is -2.28. The first kappa shape index (κ1) is 11.8. The highest BCUT2D eigenvalue weighted by Crippen LogP contribution is 2.37. The number of rotatable bonds is 1. The number of ether oxygens (including phenoxy) is 1. The van der Waals surface area contributed by atoms with Crippen molar-refractivity contribution in [3.63, 3.8) is 0 Å². The van der Waals surface area contributed by atoms with Crippen LogP contribution >= 0.6 is 0 Å². The Labute approximate surface area is 109 Å². The molecule has 0 saturated heterocycles. The molecule has 0 radical (unpaired) electrons. The van der Waals surface area contributed by atoms with Crippen molar-refractivity contribution in [1.82, 2.24) is 0 Å². The van der Waals surface area contributed by atoms with E-state index in [9.17, 15) is 8.78 Å². The zero-order valence-corrected chi connectivity index (χ0v) is 10.2. The second-order valence-corrected chi connectivity index (χ2v) is 4.33. The molecular weight excluding hydrogens is 248 g/mol. The number of benzene rings is 2. The Hall–Kier alpha value is -2.23. The Balaban J connectivity index is 2.13. The van der Waals surface area contributed by atoms with Gasteiger partial charge in [0.2, 0.25) is 5.82 Å². The monoisotopic (exact) mass is 259 g/mol. The van der Waals surface area contributed by atoms with Crippen LogP contribution in [0.25, 0.3) is 0 Å². The van der Waals surface area contributed by atoms with Crippen molar-refractivity contribution in [3.8, 4) is 5.75 Å². The fourth-order valence-electron chi connectivity index (χ4n) is 2.08. The summed E-state index contributed by atoms with van der Waals surface area (Å²) in [6.07, 6.45) is -0.425. The highest BCUT2D eigenvalue weighted by atomic mass is 19.2. The summed E-state index contributed by atoms with van der Waals surface area (Å²) in [5.74, 6) is -2.03. The summed E-state index contributed by atoms with van der Waals surface area (Å²) in [6, 6.07) is 12.0. The molecule has 2 nitrogen and oxygen atoms in total. The molecule has 0 fully saturated rings. The van der Waals surface area contributed by atoms with E-state index in [0.717, 1.165) is 11.6 Å². The molecule has 96 valence electrons. The van der Waals surface area contributed by atoms with E-state index in [-0.39, 0.29) is 5.75 Å². The van der Waals surface area contributed by atoms with Crippen LogP contribution in [0.4, 0.5) is 14.5 Å². The van der Waals surface area contributed by atoms with Gasteiger partial charge in [0.1, 0.15) is 11.8 Å². The Morgan fingerprint density at radius 3 is 2.53 bits per heavy atom. The summed E-state index contributed by atoms with van der Waals surface area (Å²) in [6.45, 7) is 1.76. The van der Waals surface area contributed by atoms with Crippen LogP contribution in [0.3, 0.4) is 0 Å². The van der Waals surface area contributed by atoms with Crippen molar-refractivity contribution in [2.45, 2.75) is 13.0 Å². The molecule has 0 N–H and O–H groups in total. The molecule has 0 aromatic heterocycles. The average molecular weight is 259 g/mol. The minimum atomic E-state index is -0.986. The van der Waals surface area contributed by atoms with Gasteiger partial charge >= 0.3 is 0 Å². The number of aliphatic imine (C=N–C) groups is 1. The minimum Gasteiger partial charge on any atom is -0.479 e. The Morgan fingerprint density at radius 2 is 1.79 bits per heavy atom. The normalized spacial score (nSPS) is 17.4. The van der Waals surface area contributed by atoms with Gasteiger partial charge in [-0.05, 0) is 24.6 Å². The minimum absolute atomic E-state index is 0.118. The van der Waals surface area contributed by atoms with Gasteiger partial charge in [0, 0.05) is 0 Å². The smallest absolute Gasteiger partial charge is 0.202 e. The van der Waals surface area contributed by atoms with Crippen LogP contribution in [0, 0.1) is 11.6 Å². The summed E-state index contributed by atoms with van der Waals surface area (Å²) in [5, 5.41) is 0. The zero-order chi connectivity index (χ0) is 13.4. The van der Waals surface area contributed by atoms with Crippen molar-refractivity contribution in [1.29, 1.82) is 0 Å². The molecule has 1 aliphatic heterocycles. The molecule has 0 aliphatic carbocycles. The molecule has 4 heteroatoms. The lowest BCUT2D eigenvalue weighted by Gasteiger charge is -2.23. The van der Waals surface area contributed by atoms with Gasteiger partial charge in [-0.2, -0.15) is 4.39 Å². The number of halogens is 2. The van der Waals surface area contributed by atoms with Crippen molar-refractivity contribution >= 4 is 11.4 Å². The summed E-state index contributed by atoms with van der Waals surface area (Å²) in [5.41, 5.74) is 1.93. The van der Waals surface area contributed by atoms with Crippen molar-refractivity contribution in [2.24, 2.45) is 4.99 Å². The fourth-order valence-corrected chi connectivity index (χ4v) is 2.08. The van der Waals surface area contributed by atoms with Crippen LogP contribution in [0.5, 0.6) is 5.75 Å². The van der Waals surface area contributed by atoms with Crippen LogP contribution in [0.2, 0.25) is 0 Å². The van der Waals surface area contributed by atoms with Crippen LogP contribution < -0.4 is 4.74 Å². The zero-order valence-electron chi connectivity index (χ0n) is 10.2. The Kier molecular flexibility index (Phi) is 2.78. The summed E-state index contributed by atoms with van der Waals surface area (Å²) in [7, 11) is 0. The molecule has 0 spiro atoms. The number of nitrogens with zero attached hydrogens (tertiary/aromatic N) is 1. The largest absolute Gasteiger partial charge is 0.479 e. The van der Waals surface area contributed by atoms with Gasteiger partial charge in [-0.3, -0.25) is 0 Å². The maximum absolute atomic E-state index is 13.6. The van der Waals surface area contributed by atoms with Gasteiger partial charge in [0.15, 0.2) is 11.6 Å². The second-order valence-electron chi connectivity index (χ2n) is 4.33. The summed E-state index contributed by atoms with van der Waals surface area (Å²) >= 11 is 0. The third-order valence-electron chi connectivity index (χ3n) is 3.02. The van der Waals surface area contributed by atoms with Gasteiger partial charge < -0.3 is 4.74 Å². The first-order chi connectivity index (χ1) is 9.16. The summed E-state index contributed by atoms with van der Waals surface area (Å²) in [4.78, 5) is 4.38. The predicted octanol–water partition coefficient (Wildman–Crippen LogP) is 3.87. The van der Waals surface area contributed by atoms with E-state index < -0.39 is 17.7 Å². The third-order valence-corrected chi connectivity index (χ3v) is 3.02. The SMILES string of the molecule is CC1Oc2c(ccc(F)c2F)N=C1c1ccccc1. The van der Waals surface area contributed by atoms with E-state index >= 15 is 0 Å².